The maximum Gasteiger partial charge on any atom is 0.239 e. The number of aryl methyl sites for hydroxylation is 1. The molecular formula is C18H24N4O2. The van der Waals surface area contributed by atoms with Gasteiger partial charge in [0.25, 0.3) is 0 Å². The van der Waals surface area contributed by atoms with Gasteiger partial charge >= 0.3 is 0 Å². The zero-order valence-corrected chi connectivity index (χ0v) is 14.2. The van der Waals surface area contributed by atoms with Gasteiger partial charge in [0.1, 0.15) is 0 Å². The van der Waals surface area contributed by atoms with E-state index >= 15 is 0 Å². The quantitative estimate of drug-likeness (QED) is 0.913. The van der Waals surface area contributed by atoms with E-state index in [0.29, 0.717) is 25.6 Å². The molecule has 0 bridgehead atoms. The molecule has 1 aromatic carbocycles. The van der Waals surface area contributed by atoms with Gasteiger partial charge in [-0.15, -0.1) is 0 Å². The van der Waals surface area contributed by atoms with Crippen LogP contribution >= 0.6 is 0 Å². The fraction of sp³-hybridized carbons (Fsp3) is 0.444. The van der Waals surface area contributed by atoms with Gasteiger partial charge in [0.05, 0.1) is 25.8 Å². The van der Waals surface area contributed by atoms with E-state index in [4.69, 9.17) is 4.74 Å². The van der Waals surface area contributed by atoms with Crippen LogP contribution in [0, 0.1) is 6.92 Å². The zero-order chi connectivity index (χ0) is 16.9. The number of rotatable bonds is 5. The largest absolute Gasteiger partial charge is 0.379 e. The number of nitrogens with one attached hydrogen (secondary N) is 1. The van der Waals surface area contributed by atoms with E-state index in [-0.39, 0.29) is 11.9 Å². The highest BCUT2D eigenvalue weighted by molar-refractivity contribution is 5.91. The lowest BCUT2D eigenvalue weighted by molar-refractivity contribution is -0.118. The molecule has 1 fully saturated rings. The van der Waals surface area contributed by atoms with Gasteiger partial charge in [-0.25, -0.2) is 0 Å². The number of hydrogen-bond acceptors (Lipinski definition) is 4. The number of benzene rings is 1. The van der Waals surface area contributed by atoms with Crippen LogP contribution < -0.4 is 5.32 Å². The number of carbonyl (C=O) groups excluding carboxylic acids is 1. The molecule has 24 heavy (non-hydrogen) atoms. The first-order valence-corrected chi connectivity index (χ1v) is 8.34. The summed E-state index contributed by atoms with van der Waals surface area (Å²) in [6, 6.07) is 10.3. The zero-order valence-electron chi connectivity index (χ0n) is 14.2. The molecule has 0 saturated carbocycles. The lowest BCUT2D eigenvalue weighted by Gasteiger charge is -2.25. The summed E-state index contributed by atoms with van der Waals surface area (Å²) >= 11 is 0. The van der Waals surface area contributed by atoms with Gasteiger partial charge in [0, 0.05) is 24.8 Å². The molecule has 1 aromatic heterocycles. The van der Waals surface area contributed by atoms with Gasteiger partial charge in [-0.1, -0.05) is 30.3 Å². The maximum absolute atomic E-state index is 12.2. The summed E-state index contributed by atoms with van der Waals surface area (Å²) in [5, 5.41) is 7.49. The molecule has 0 aliphatic carbocycles. The van der Waals surface area contributed by atoms with Crippen LogP contribution in [0.3, 0.4) is 0 Å². The van der Waals surface area contributed by atoms with Crippen molar-refractivity contribution in [3.63, 3.8) is 0 Å². The average molecular weight is 328 g/mol. The smallest absolute Gasteiger partial charge is 0.239 e. The molecule has 6 heteroatoms. The third kappa shape index (κ3) is 4.01. The monoisotopic (exact) mass is 328 g/mol. The second-order valence-electron chi connectivity index (χ2n) is 6.16. The van der Waals surface area contributed by atoms with Crippen molar-refractivity contribution in [3.8, 4) is 0 Å². The molecule has 3 rings (SSSR count). The predicted molar refractivity (Wildman–Crippen MR) is 93.1 cm³/mol. The number of amides is 1. The number of nitrogens with zero attached hydrogens (tertiary/aromatic N) is 3. The maximum atomic E-state index is 12.2. The van der Waals surface area contributed by atoms with E-state index in [2.05, 4.69) is 34.4 Å². The molecule has 1 aliphatic rings. The van der Waals surface area contributed by atoms with Gasteiger partial charge in [0.15, 0.2) is 5.82 Å². The van der Waals surface area contributed by atoms with Crippen molar-refractivity contribution in [2.24, 2.45) is 0 Å². The topological polar surface area (TPSA) is 59.4 Å². The summed E-state index contributed by atoms with van der Waals surface area (Å²) in [6.07, 6.45) is 1.97. The number of anilines is 1. The first-order chi connectivity index (χ1) is 11.6. The number of morpholine rings is 1. The Labute approximate surface area is 142 Å². The molecule has 6 nitrogen and oxygen atoms in total. The molecule has 1 saturated heterocycles. The summed E-state index contributed by atoms with van der Waals surface area (Å²) in [7, 11) is 0. The fourth-order valence-electron chi connectivity index (χ4n) is 2.82. The Kier molecular flexibility index (Phi) is 5.27. The molecular weight excluding hydrogens is 304 g/mol. The molecule has 1 amide bonds. The van der Waals surface area contributed by atoms with Gasteiger partial charge in [-0.3, -0.25) is 14.4 Å². The highest BCUT2D eigenvalue weighted by Crippen LogP contribution is 2.20. The highest BCUT2D eigenvalue weighted by atomic mass is 16.5. The van der Waals surface area contributed by atoms with E-state index in [0.717, 1.165) is 18.7 Å². The molecule has 2 aromatic rings. The standard InChI is InChI=1S/C18H24N4O2/c1-14-12-22(15(2)16-6-4-3-5-7-16)20-18(14)19-17(23)13-21-8-10-24-11-9-21/h3-7,12,15H,8-11,13H2,1-2H3,(H,19,20,23)/t15-/m0/s1. The lowest BCUT2D eigenvalue weighted by Crippen LogP contribution is -2.41. The molecule has 0 unspecified atom stereocenters. The van der Waals surface area contributed by atoms with Gasteiger partial charge < -0.3 is 10.1 Å². The van der Waals surface area contributed by atoms with E-state index in [9.17, 15) is 4.79 Å². The van der Waals surface area contributed by atoms with Crippen LogP contribution in [-0.2, 0) is 9.53 Å². The number of carbonyl (C=O) groups is 1. The van der Waals surface area contributed by atoms with Gasteiger partial charge in [-0.05, 0) is 19.4 Å². The Hall–Kier alpha value is -2.18. The van der Waals surface area contributed by atoms with Gasteiger partial charge in [0.2, 0.25) is 5.91 Å². The minimum Gasteiger partial charge on any atom is -0.379 e. The Morgan fingerprint density at radius 1 is 1.29 bits per heavy atom. The van der Waals surface area contributed by atoms with Crippen LogP contribution in [0.2, 0.25) is 0 Å². The third-order valence-corrected chi connectivity index (χ3v) is 4.32. The normalized spacial score (nSPS) is 16.8. The Balaban J connectivity index is 1.64. The predicted octanol–water partition coefficient (Wildman–Crippen LogP) is 2.07. The van der Waals surface area contributed by atoms with Crippen molar-refractivity contribution in [2.45, 2.75) is 19.9 Å². The third-order valence-electron chi connectivity index (χ3n) is 4.32. The summed E-state index contributed by atoms with van der Waals surface area (Å²) in [5.41, 5.74) is 2.15. The van der Waals surface area contributed by atoms with E-state index in [1.54, 1.807) is 0 Å². The number of hydrogen-bond donors (Lipinski definition) is 1. The van der Waals surface area contributed by atoms with Crippen molar-refractivity contribution in [1.82, 2.24) is 14.7 Å². The minimum atomic E-state index is -0.0300. The van der Waals surface area contributed by atoms with Crippen LogP contribution in [0.4, 0.5) is 5.82 Å². The average Bonchev–Trinajstić information content (AvgIpc) is 2.96. The second-order valence-corrected chi connectivity index (χ2v) is 6.16. The first-order valence-electron chi connectivity index (χ1n) is 8.34. The Morgan fingerprint density at radius 3 is 2.71 bits per heavy atom. The van der Waals surface area contributed by atoms with Crippen molar-refractivity contribution in [2.75, 3.05) is 38.2 Å². The Bertz CT molecular complexity index is 678. The summed E-state index contributed by atoms with van der Waals surface area (Å²) in [6.45, 7) is 7.42. The molecule has 1 aliphatic heterocycles. The van der Waals surface area contributed by atoms with Crippen molar-refractivity contribution in [3.05, 3.63) is 47.7 Å². The molecule has 0 radical (unpaired) electrons. The summed E-state index contributed by atoms with van der Waals surface area (Å²) < 4.78 is 7.20. The summed E-state index contributed by atoms with van der Waals surface area (Å²) in [5.74, 6) is 0.605. The molecule has 128 valence electrons. The number of ether oxygens (including phenoxy) is 1. The molecule has 1 N–H and O–H groups in total. The second kappa shape index (κ2) is 7.59. The highest BCUT2D eigenvalue weighted by Gasteiger charge is 2.17. The van der Waals surface area contributed by atoms with Crippen molar-refractivity contribution < 1.29 is 9.53 Å². The molecule has 2 heterocycles. The van der Waals surface area contributed by atoms with Gasteiger partial charge in [-0.2, -0.15) is 5.10 Å². The van der Waals surface area contributed by atoms with Crippen LogP contribution in [-0.4, -0.2) is 53.4 Å². The van der Waals surface area contributed by atoms with Crippen LogP contribution in [0.25, 0.3) is 0 Å². The lowest BCUT2D eigenvalue weighted by atomic mass is 10.1. The first kappa shape index (κ1) is 16.7. The molecule has 0 spiro atoms. The van der Waals surface area contributed by atoms with E-state index in [1.807, 2.05) is 36.0 Å². The Morgan fingerprint density at radius 2 is 2.00 bits per heavy atom. The van der Waals surface area contributed by atoms with Crippen molar-refractivity contribution in [1.29, 1.82) is 0 Å². The van der Waals surface area contributed by atoms with Crippen LogP contribution in [0.1, 0.15) is 24.1 Å². The minimum absolute atomic E-state index is 0.0300. The fourth-order valence-corrected chi connectivity index (χ4v) is 2.82. The van der Waals surface area contributed by atoms with Crippen LogP contribution in [0.5, 0.6) is 0 Å². The van der Waals surface area contributed by atoms with E-state index < -0.39 is 0 Å². The van der Waals surface area contributed by atoms with Crippen molar-refractivity contribution >= 4 is 11.7 Å². The summed E-state index contributed by atoms with van der Waals surface area (Å²) in [4.78, 5) is 14.3. The SMILES string of the molecule is Cc1cn([C@@H](C)c2ccccc2)nc1NC(=O)CN1CCOCC1. The molecule has 1 atom stereocenters. The van der Waals surface area contributed by atoms with E-state index in [1.165, 1.54) is 5.56 Å². The number of aromatic nitrogens is 2. The van der Waals surface area contributed by atoms with Crippen LogP contribution in [0.15, 0.2) is 36.5 Å².